The van der Waals surface area contributed by atoms with Crippen molar-refractivity contribution in [3.8, 4) is 0 Å². The van der Waals surface area contributed by atoms with E-state index in [0.717, 1.165) is 29.3 Å². The van der Waals surface area contributed by atoms with Crippen molar-refractivity contribution in [3.63, 3.8) is 0 Å². The fourth-order valence-electron chi connectivity index (χ4n) is 2.24. The molecule has 1 aliphatic carbocycles. The van der Waals surface area contributed by atoms with E-state index in [4.69, 9.17) is 4.98 Å². The van der Waals surface area contributed by atoms with Gasteiger partial charge >= 0.3 is 0 Å². The van der Waals surface area contributed by atoms with E-state index in [9.17, 15) is 0 Å². The van der Waals surface area contributed by atoms with Gasteiger partial charge in [0, 0.05) is 25.1 Å². The second-order valence-corrected chi connectivity index (χ2v) is 5.33. The Kier molecular flexibility index (Phi) is 2.82. The Morgan fingerprint density at radius 3 is 3.00 bits per heavy atom. The Balaban J connectivity index is 2.01. The summed E-state index contributed by atoms with van der Waals surface area (Å²) >= 11 is 3.57. The van der Waals surface area contributed by atoms with Crippen molar-refractivity contribution < 1.29 is 0 Å². The Hall–Kier alpha value is -1.03. The smallest absolute Gasteiger partial charge is 0.151 e. The first-order valence-corrected chi connectivity index (χ1v) is 7.15. The number of imidazole rings is 1. The second kappa shape index (κ2) is 4.33. The van der Waals surface area contributed by atoms with E-state index in [-0.39, 0.29) is 0 Å². The summed E-state index contributed by atoms with van der Waals surface area (Å²) in [6.07, 6.45) is 4.83. The van der Waals surface area contributed by atoms with Crippen molar-refractivity contribution in [1.29, 1.82) is 0 Å². The van der Waals surface area contributed by atoms with Crippen LogP contribution in [0.4, 0.5) is 5.82 Å². The molecule has 17 heavy (non-hydrogen) atoms. The third-order valence-corrected chi connectivity index (χ3v) is 3.86. The third kappa shape index (κ3) is 2.06. The number of alkyl halides is 1. The minimum atomic E-state index is 0.836. The summed E-state index contributed by atoms with van der Waals surface area (Å²) in [6, 6.07) is 6.14. The summed E-state index contributed by atoms with van der Waals surface area (Å²) in [6.45, 7) is 1.13. The minimum absolute atomic E-state index is 0.836. The number of pyridine rings is 1. The molecule has 0 aliphatic heterocycles. The molecule has 1 aliphatic rings. The molecule has 2 aromatic heterocycles. The molecule has 1 fully saturated rings. The molecule has 4 heteroatoms. The van der Waals surface area contributed by atoms with Crippen molar-refractivity contribution in [2.45, 2.75) is 18.2 Å². The van der Waals surface area contributed by atoms with Crippen molar-refractivity contribution >= 4 is 27.4 Å². The minimum Gasteiger partial charge on any atom is -0.358 e. The third-order valence-electron chi connectivity index (χ3n) is 3.32. The Labute approximate surface area is 110 Å². The van der Waals surface area contributed by atoms with Crippen LogP contribution < -0.4 is 4.90 Å². The summed E-state index contributed by atoms with van der Waals surface area (Å²) in [5.41, 5.74) is 2.27. The maximum atomic E-state index is 4.72. The summed E-state index contributed by atoms with van der Waals surface area (Å²) in [5.74, 6) is 1.99. The number of aromatic nitrogens is 2. The zero-order valence-corrected chi connectivity index (χ0v) is 11.5. The fraction of sp³-hybridized carbons (Fsp3) is 0.462. The number of hydrogen-bond donors (Lipinski definition) is 0. The maximum absolute atomic E-state index is 4.72. The Bertz CT molecular complexity index is 530. The highest BCUT2D eigenvalue weighted by molar-refractivity contribution is 9.08. The van der Waals surface area contributed by atoms with E-state index < -0.39 is 0 Å². The lowest BCUT2D eigenvalue weighted by atomic mass is 10.3. The van der Waals surface area contributed by atoms with Crippen LogP contribution in [0.2, 0.25) is 0 Å². The standard InChI is InChI=1S/C13H16BrN3/c1-16(9-10-5-6-10)13-11(8-14)17-7-3-2-4-12(17)15-13/h2-4,7,10H,5-6,8-9H2,1H3. The molecule has 1 saturated carbocycles. The van der Waals surface area contributed by atoms with E-state index >= 15 is 0 Å². The van der Waals surface area contributed by atoms with Crippen LogP contribution >= 0.6 is 15.9 Å². The lowest BCUT2D eigenvalue weighted by Crippen LogP contribution is -2.21. The van der Waals surface area contributed by atoms with Gasteiger partial charge in [-0.3, -0.25) is 0 Å². The van der Waals surface area contributed by atoms with E-state index in [1.807, 2.05) is 12.1 Å². The Morgan fingerprint density at radius 1 is 1.47 bits per heavy atom. The van der Waals surface area contributed by atoms with E-state index in [1.165, 1.54) is 18.5 Å². The fourth-order valence-corrected chi connectivity index (χ4v) is 2.76. The first kappa shape index (κ1) is 11.1. The Morgan fingerprint density at radius 2 is 2.29 bits per heavy atom. The molecule has 0 radical (unpaired) electrons. The number of rotatable bonds is 4. The number of hydrogen-bond acceptors (Lipinski definition) is 2. The molecule has 3 nitrogen and oxygen atoms in total. The first-order valence-electron chi connectivity index (χ1n) is 6.02. The normalized spacial score (nSPS) is 15.4. The van der Waals surface area contributed by atoms with Gasteiger partial charge in [-0.2, -0.15) is 0 Å². The van der Waals surface area contributed by atoms with Crippen LogP contribution in [-0.4, -0.2) is 23.0 Å². The van der Waals surface area contributed by atoms with Gasteiger partial charge in [0.2, 0.25) is 0 Å². The van der Waals surface area contributed by atoms with Crippen LogP contribution in [0.15, 0.2) is 24.4 Å². The number of fused-ring (bicyclic) bond motifs is 1. The largest absolute Gasteiger partial charge is 0.358 e. The molecule has 0 aromatic carbocycles. The molecule has 0 saturated heterocycles. The van der Waals surface area contributed by atoms with Crippen LogP contribution in [0.25, 0.3) is 5.65 Å². The maximum Gasteiger partial charge on any atom is 0.151 e. The molecule has 90 valence electrons. The summed E-state index contributed by atoms with van der Waals surface area (Å²) < 4.78 is 2.16. The van der Waals surface area contributed by atoms with Gasteiger partial charge in [0.15, 0.2) is 5.82 Å². The molecule has 2 heterocycles. The molecule has 0 amide bonds. The highest BCUT2D eigenvalue weighted by Crippen LogP contribution is 2.32. The van der Waals surface area contributed by atoms with Gasteiger partial charge in [-0.25, -0.2) is 4.98 Å². The molecule has 3 rings (SSSR count). The first-order chi connectivity index (χ1) is 8.29. The van der Waals surface area contributed by atoms with Gasteiger partial charge in [0.25, 0.3) is 0 Å². The van der Waals surface area contributed by atoms with Gasteiger partial charge in [-0.05, 0) is 30.9 Å². The quantitative estimate of drug-likeness (QED) is 0.808. The van der Waals surface area contributed by atoms with Crippen molar-refractivity contribution in [3.05, 3.63) is 30.1 Å². The summed E-state index contributed by atoms with van der Waals surface area (Å²) in [5, 5.41) is 0.836. The molecule has 0 unspecified atom stereocenters. The highest BCUT2D eigenvalue weighted by Gasteiger charge is 2.25. The summed E-state index contributed by atoms with van der Waals surface area (Å²) in [4.78, 5) is 7.02. The average Bonchev–Trinajstić information content (AvgIpc) is 3.07. The number of nitrogens with zero attached hydrogens (tertiary/aromatic N) is 3. The zero-order valence-electron chi connectivity index (χ0n) is 9.93. The molecule has 0 bridgehead atoms. The van der Waals surface area contributed by atoms with E-state index in [2.05, 4.69) is 44.5 Å². The van der Waals surface area contributed by atoms with Gasteiger partial charge in [-0.1, -0.05) is 22.0 Å². The highest BCUT2D eigenvalue weighted by atomic mass is 79.9. The lowest BCUT2D eigenvalue weighted by molar-refractivity contribution is 0.776. The van der Waals surface area contributed by atoms with E-state index in [0.29, 0.717) is 0 Å². The molecule has 2 aromatic rings. The van der Waals surface area contributed by atoms with Crippen molar-refractivity contribution in [2.24, 2.45) is 5.92 Å². The van der Waals surface area contributed by atoms with Gasteiger partial charge in [0.1, 0.15) is 5.65 Å². The van der Waals surface area contributed by atoms with Crippen molar-refractivity contribution in [1.82, 2.24) is 9.38 Å². The predicted molar refractivity (Wildman–Crippen MR) is 73.8 cm³/mol. The molecular weight excluding hydrogens is 278 g/mol. The van der Waals surface area contributed by atoms with Gasteiger partial charge < -0.3 is 9.30 Å². The molecule has 0 N–H and O–H groups in total. The van der Waals surface area contributed by atoms with Crippen LogP contribution in [0.3, 0.4) is 0 Å². The predicted octanol–water partition coefficient (Wildman–Crippen LogP) is 3.08. The molecule has 0 spiro atoms. The number of anilines is 1. The second-order valence-electron chi connectivity index (χ2n) is 4.77. The van der Waals surface area contributed by atoms with Crippen molar-refractivity contribution in [2.75, 3.05) is 18.5 Å². The number of halogens is 1. The SMILES string of the molecule is CN(CC1CC1)c1nc2ccccn2c1CBr. The molecule has 0 atom stereocenters. The van der Waals surface area contributed by atoms with Gasteiger partial charge in [-0.15, -0.1) is 0 Å². The topological polar surface area (TPSA) is 20.5 Å². The monoisotopic (exact) mass is 293 g/mol. The molecular formula is C13H16BrN3. The van der Waals surface area contributed by atoms with Crippen LogP contribution in [0, 0.1) is 5.92 Å². The van der Waals surface area contributed by atoms with Crippen LogP contribution in [0.1, 0.15) is 18.5 Å². The van der Waals surface area contributed by atoms with Crippen LogP contribution in [-0.2, 0) is 5.33 Å². The van der Waals surface area contributed by atoms with Gasteiger partial charge in [0.05, 0.1) is 5.69 Å². The van der Waals surface area contributed by atoms with E-state index in [1.54, 1.807) is 0 Å². The summed E-state index contributed by atoms with van der Waals surface area (Å²) in [7, 11) is 2.15. The average molecular weight is 294 g/mol. The van der Waals surface area contributed by atoms with Crippen LogP contribution in [0.5, 0.6) is 0 Å². The lowest BCUT2D eigenvalue weighted by Gasteiger charge is -2.17. The zero-order chi connectivity index (χ0) is 11.8.